The number of likely N-dealkylation sites (N-methyl/N-ethyl adjacent to an activating group) is 1. The maximum absolute atomic E-state index is 13.2. The number of fused-ring (bicyclic) bond motifs is 1. The summed E-state index contributed by atoms with van der Waals surface area (Å²) in [5, 5.41) is 0.534. The molecule has 1 aliphatic heterocycles. The van der Waals surface area contributed by atoms with E-state index in [1.54, 1.807) is 23.1 Å². The minimum atomic E-state index is -0.384. The average Bonchev–Trinajstić information content (AvgIpc) is 3.28. The van der Waals surface area contributed by atoms with E-state index in [0.29, 0.717) is 23.6 Å². The largest absolute Gasteiger partial charge is 0.342 e. The molecule has 2 aromatic carbocycles. The van der Waals surface area contributed by atoms with Gasteiger partial charge in [-0.3, -0.25) is 19.3 Å². The molecule has 0 saturated carbocycles. The monoisotopic (exact) mass is 465 g/mol. The highest BCUT2D eigenvalue weighted by Gasteiger charge is 2.35. The smallest absolute Gasteiger partial charge is 0.293 e. The number of imide groups is 1. The van der Waals surface area contributed by atoms with Crippen LogP contribution in [-0.4, -0.2) is 44.5 Å². The lowest BCUT2D eigenvalue weighted by Crippen LogP contribution is -2.33. The summed E-state index contributed by atoms with van der Waals surface area (Å²) in [5.41, 5.74) is 2.33. The molecule has 8 heteroatoms. The maximum Gasteiger partial charge on any atom is 0.293 e. The van der Waals surface area contributed by atoms with Crippen molar-refractivity contribution in [3.63, 3.8) is 0 Å². The van der Waals surface area contributed by atoms with Crippen LogP contribution < -0.4 is 0 Å². The van der Waals surface area contributed by atoms with Crippen LogP contribution in [0.2, 0.25) is 0 Å². The summed E-state index contributed by atoms with van der Waals surface area (Å²) in [6.45, 7) is 5.46. The Morgan fingerprint density at radius 3 is 2.45 bits per heavy atom. The van der Waals surface area contributed by atoms with Crippen LogP contribution >= 0.6 is 11.8 Å². The van der Waals surface area contributed by atoms with Gasteiger partial charge < -0.3 is 9.47 Å². The molecule has 0 aliphatic carbocycles. The van der Waals surface area contributed by atoms with Gasteiger partial charge in [0.25, 0.3) is 11.1 Å². The molecule has 1 fully saturated rings. The lowest BCUT2D eigenvalue weighted by molar-refractivity contribution is -0.131. The number of aromatic nitrogens is 1. The summed E-state index contributed by atoms with van der Waals surface area (Å²) in [5.74, 6) is -0.735. The summed E-state index contributed by atoms with van der Waals surface area (Å²) in [4.78, 5) is 41.4. The van der Waals surface area contributed by atoms with E-state index in [1.807, 2.05) is 48.9 Å². The van der Waals surface area contributed by atoms with Crippen molar-refractivity contribution in [2.75, 3.05) is 13.1 Å². The second-order valence-electron chi connectivity index (χ2n) is 7.69. The fourth-order valence-electron chi connectivity index (χ4n) is 3.89. The Labute approximate surface area is 195 Å². The topological polar surface area (TPSA) is 62.6 Å². The van der Waals surface area contributed by atoms with Crippen molar-refractivity contribution in [1.29, 1.82) is 0 Å². The third-order valence-corrected chi connectivity index (χ3v) is 6.56. The van der Waals surface area contributed by atoms with Gasteiger partial charge in [0, 0.05) is 35.8 Å². The summed E-state index contributed by atoms with van der Waals surface area (Å²) >= 11 is 0.883. The zero-order chi connectivity index (χ0) is 23.5. The fourth-order valence-corrected chi connectivity index (χ4v) is 4.72. The number of hydrogen-bond acceptors (Lipinski definition) is 4. The third-order valence-electron chi connectivity index (χ3n) is 5.66. The Balaban J connectivity index is 1.62. The molecule has 0 atom stereocenters. The van der Waals surface area contributed by atoms with Gasteiger partial charge in [-0.05, 0) is 55.4 Å². The van der Waals surface area contributed by atoms with Gasteiger partial charge in [-0.2, -0.15) is 0 Å². The van der Waals surface area contributed by atoms with Crippen LogP contribution in [0, 0.1) is 5.82 Å². The van der Waals surface area contributed by atoms with Crippen molar-refractivity contribution in [3.05, 3.63) is 76.6 Å². The van der Waals surface area contributed by atoms with Gasteiger partial charge in [-0.25, -0.2) is 4.39 Å². The molecule has 2 heterocycles. The molecule has 1 aromatic heterocycles. The van der Waals surface area contributed by atoms with Crippen molar-refractivity contribution in [1.82, 2.24) is 14.4 Å². The molecule has 0 unspecified atom stereocenters. The molecule has 3 amide bonds. The van der Waals surface area contributed by atoms with Gasteiger partial charge in [0.1, 0.15) is 12.4 Å². The van der Waals surface area contributed by atoms with Crippen molar-refractivity contribution in [2.45, 2.75) is 26.9 Å². The zero-order valence-electron chi connectivity index (χ0n) is 18.5. The van der Waals surface area contributed by atoms with E-state index in [4.69, 9.17) is 0 Å². The predicted molar refractivity (Wildman–Crippen MR) is 128 cm³/mol. The minimum Gasteiger partial charge on any atom is -0.342 e. The van der Waals surface area contributed by atoms with E-state index in [0.717, 1.165) is 33.1 Å². The number of amides is 3. The molecule has 4 rings (SSSR count). The SMILES string of the molecule is CCN(CC)C(=O)Cn1cc(/C=C2\SC(=O)N(Cc3ccc(F)cc3)C2=O)c2ccccc21. The number of thioether (sulfide) groups is 1. The number of para-hydroxylation sites is 1. The third kappa shape index (κ3) is 4.71. The van der Waals surface area contributed by atoms with Gasteiger partial charge in [0.15, 0.2) is 0 Å². The molecular formula is C25H24FN3O3S. The Morgan fingerprint density at radius 1 is 1.06 bits per heavy atom. The van der Waals surface area contributed by atoms with Crippen LogP contribution in [-0.2, 0) is 22.7 Å². The lowest BCUT2D eigenvalue weighted by Gasteiger charge is -2.19. The van der Waals surface area contributed by atoms with E-state index in [9.17, 15) is 18.8 Å². The first-order chi connectivity index (χ1) is 15.9. The van der Waals surface area contributed by atoms with E-state index < -0.39 is 0 Å². The highest BCUT2D eigenvalue weighted by molar-refractivity contribution is 8.18. The molecule has 1 saturated heterocycles. The van der Waals surface area contributed by atoms with Crippen LogP contribution in [0.4, 0.5) is 9.18 Å². The van der Waals surface area contributed by atoms with Gasteiger partial charge in [0.05, 0.1) is 11.4 Å². The van der Waals surface area contributed by atoms with E-state index in [2.05, 4.69) is 0 Å². The van der Waals surface area contributed by atoms with E-state index >= 15 is 0 Å². The number of hydrogen-bond donors (Lipinski definition) is 0. The highest BCUT2D eigenvalue weighted by Crippen LogP contribution is 2.35. The van der Waals surface area contributed by atoms with Gasteiger partial charge in [-0.1, -0.05) is 30.3 Å². The summed E-state index contributed by atoms with van der Waals surface area (Å²) in [6.07, 6.45) is 3.55. The Bertz CT molecular complexity index is 1250. The first-order valence-corrected chi connectivity index (χ1v) is 11.6. The molecular weight excluding hydrogens is 441 g/mol. The predicted octanol–water partition coefficient (Wildman–Crippen LogP) is 4.89. The second-order valence-corrected chi connectivity index (χ2v) is 8.68. The number of carbonyl (C=O) groups excluding carboxylic acids is 3. The molecule has 0 radical (unpaired) electrons. The summed E-state index contributed by atoms with van der Waals surface area (Å²) < 4.78 is 15.0. The summed E-state index contributed by atoms with van der Waals surface area (Å²) in [6, 6.07) is 13.4. The molecule has 0 spiro atoms. The summed E-state index contributed by atoms with van der Waals surface area (Å²) in [7, 11) is 0. The molecule has 6 nitrogen and oxygen atoms in total. The molecule has 33 heavy (non-hydrogen) atoms. The quantitative estimate of drug-likeness (QED) is 0.467. The molecule has 0 bridgehead atoms. The zero-order valence-corrected chi connectivity index (χ0v) is 19.3. The van der Waals surface area contributed by atoms with E-state index in [1.165, 1.54) is 12.1 Å². The number of carbonyl (C=O) groups is 3. The van der Waals surface area contributed by atoms with Crippen LogP contribution in [0.5, 0.6) is 0 Å². The number of benzene rings is 2. The van der Waals surface area contributed by atoms with Crippen molar-refractivity contribution < 1.29 is 18.8 Å². The van der Waals surface area contributed by atoms with Crippen LogP contribution in [0.3, 0.4) is 0 Å². The second kappa shape index (κ2) is 9.62. The lowest BCUT2D eigenvalue weighted by atomic mass is 10.1. The van der Waals surface area contributed by atoms with Crippen LogP contribution in [0.1, 0.15) is 25.0 Å². The molecule has 0 N–H and O–H groups in total. The van der Waals surface area contributed by atoms with Gasteiger partial charge >= 0.3 is 0 Å². The first kappa shape index (κ1) is 22.8. The number of halogens is 1. The molecule has 3 aromatic rings. The maximum atomic E-state index is 13.2. The molecule has 170 valence electrons. The van der Waals surface area contributed by atoms with Crippen LogP contribution in [0.25, 0.3) is 17.0 Å². The van der Waals surface area contributed by atoms with Crippen LogP contribution in [0.15, 0.2) is 59.6 Å². The van der Waals surface area contributed by atoms with Gasteiger partial charge in [-0.15, -0.1) is 0 Å². The Kier molecular flexibility index (Phi) is 6.65. The average molecular weight is 466 g/mol. The van der Waals surface area contributed by atoms with Crippen molar-refractivity contribution >= 4 is 45.8 Å². The van der Waals surface area contributed by atoms with Gasteiger partial charge in [0.2, 0.25) is 5.91 Å². The van der Waals surface area contributed by atoms with Crippen molar-refractivity contribution in [3.8, 4) is 0 Å². The van der Waals surface area contributed by atoms with Crippen molar-refractivity contribution in [2.24, 2.45) is 0 Å². The Morgan fingerprint density at radius 2 is 1.76 bits per heavy atom. The fraction of sp³-hybridized carbons (Fsp3) is 0.240. The number of nitrogens with zero attached hydrogens (tertiary/aromatic N) is 3. The Hall–Kier alpha value is -3.39. The first-order valence-electron chi connectivity index (χ1n) is 10.8. The molecule has 1 aliphatic rings. The number of rotatable bonds is 7. The normalized spacial score (nSPS) is 15.1. The standard InChI is InChI=1S/C25H24FN3O3S/c1-3-27(4-2)23(30)16-28-15-18(20-7-5-6-8-21(20)28)13-22-24(31)29(25(32)33-22)14-17-9-11-19(26)12-10-17/h5-13,15H,3-4,14,16H2,1-2H3/b22-13-. The van der Waals surface area contributed by atoms with E-state index in [-0.39, 0.29) is 36.0 Å². The minimum absolute atomic E-state index is 0.0203. The highest BCUT2D eigenvalue weighted by atomic mass is 32.2.